The second kappa shape index (κ2) is 7.09. The first-order valence-corrected chi connectivity index (χ1v) is 9.02. The Bertz CT molecular complexity index is 670. The Morgan fingerprint density at radius 1 is 1.12 bits per heavy atom. The molecule has 2 aliphatic rings. The summed E-state index contributed by atoms with van der Waals surface area (Å²) in [6.07, 6.45) is 5.87. The van der Waals surface area contributed by atoms with Crippen LogP contribution in [0.25, 0.3) is 0 Å². The maximum absolute atomic E-state index is 5.89. The molecule has 0 bridgehead atoms. The lowest BCUT2D eigenvalue weighted by molar-refractivity contribution is 0.258. The number of nitrogens with one attached hydrogen (secondary N) is 1. The van der Waals surface area contributed by atoms with Gasteiger partial charge < -0.3 is 10.1 Å². The van der Waals surface area contributed by atoms with Crippen molar-refractivity contribution in [2.75, 3.05) is 19.6 Å². The summed E-state index contributed by atoms with van der Waals surface area (Å²) in [5, 5.41) is 4.35. The van der Waals surface area contributed by atoms with Gasteiger partial charge in [0.15, 0.2) is 0 Å². The van der Waals surface area contributed by atoms with E-state index in [-0.39, 0.29) is 0 Å². The highest BCUT2D eigenvalue weighted by molar-refractivity contribution is 6.30. The van der Waals surface area contributed by atoms with Crippen molar-refractivity contribution in [2.45, 2.75) is 31.3 Å². The summed E-state index contributed by atoms with van der Waals surface area (Å²) < 4.78 is 5.77. The van der Waals surface area contributed by atoms with Gasteiger partial charge in [0, 0.05) is 35.9 Å². The van der Waals surface area contributed by atoms with Crippen LogP contribution in [0.2, 0.25) is 5.02 Å². The number of benzene rings is 1. The molecule has 0 radical (unpaired) electrons. The lowest BCUT2D eigenvalue weighted by Crippen LogP contribution is -2.32. The number of ether oxygens (including phenoxy) is 1. The molecule has 24 heavy (non-hydrogen) atoms. The number of pyridine rings is 1. The summed E-state index contributed by atoms with van der Waals surface area (Å²) in [5.41, 5.74) is 1.23. The minimum absolute atomic E-state index is 0.352. The van der Waals surface area contributed by atoms with Crippen molar-refractivity contribution >= 4 is 11.6 Å². The van der Waals surface area contributed by atoms with Crippen LogP contribution in [-0.4, -0.2) is 35.6 Å². The second-order valence-electron chi connectivity index (χ2n) is 6.57. The smallest absolute Gasteiger partial charge is 0.219 e. The minimum Gasteiger partial charge on any atom is -0.439 e. The van der Waals surface area contributed by atoms with E-state index in [0.717, 1.165) is 24.9 Å². The molecular formula is C19H22ClN3O. The summed E-state index contributed by atoms with van der Waals surface area (Å²) in [5.74, 6) is 1.35. The Hall–Kier alpha value is -1.62. The number of hydrogen-bond donors (Lipinski definition) is 1. The Morgan fingerprint density at radius 2 is 1.96 bits per heavy atom. The summed E-state index contributed by atoms with van der Waals surface area (Å²) in [7, 11) is 0. The monoisotopic (exact) mass is 343 g/mol. The first kappa shape index (κ1) is 15.9. The second-order valence-corrected chi connectivity index (χ2v) is 7.01. The number of hydrogen-bond acceptors (Lipinski definition) is 4. The summed E-state index contributed by atoms with van der Waals surface area (Å²) in [4.78, 5) is 7.10. The maximum atomic E-state index is 5.89. The number of rotatable bonds is 4. The van der Waals surface area contributed by atoms with Crippen molar-refractivity contribution in [3.05, 3.63) is 53.2 Å². The molecule has 0 spiro atoms. The molecule has 2 aromatic rings. The largest absolute Gasteiger partial charge is 0.439 e. The first-order chi connectivity index (χ1) is 11.8. The van der Waals surface area contributed by atoms with Gasteiger partial charge in [-0.05, 0) is 62.2 Å². The quantitative estimate of drug-likeness (QED) is 0.909. The molecule has 1 saturated carbocycles. The molecule has 2 fully saturated rings. The van der Waals surface area contributed by atoms with Crippen molar-refractivity contribution in [3.63, 3.8) is 0 Å². The maximum Gasteiger partial charge on any atom is 0.219 e. The fourth-order valence-electron chi connectivity index (χ4n) is 3.22. The van der Waals surface area contributed by atoms with Crippen molar-refractivity contribution in [2.24, 2.45) is 0 Å². The zero-order valence-corrected chi connectivity index (χ0v) is 14.4. The predicted octanol–water partition coefficient (Wildman–Crippen LogP) is 4.03. The Morgan fingerprint density at radius 3 is 2.67 bits per heavy atom. The molecule has 1 aromatic heterocycles. The zero-order chi connectivity index (χ0) is 16.4. The van der Waals surface area contributed by atoms with Crippen LogP contribution < -0.4 is 10.1 Å². The molecular weight excluding hydrogens is 322 g/mol. The molecule has 1 saturated heterocycles. The molecule has 1 aromatic carbocycles. The van der Waals surface area contributed by atoms with E-state index in [2.05, 4.69) is 21.3 Å². The lowest BCUT2D eigenvalue weighted by atomic mass is 10.1. The lowest BCUT2D eigenvalue weighted by Gasteiger charge is -2.24. The highest BCUT2D eigenvalue weighted by atomic mass is 35.5. The van der Waals surface area contributed by atoms with Gasteiger partial charge in [-0.2, -0.15) is 0 Å². The molecule has 4 rings (SSSR count). The average molecular weight is 344 g/mol. The Balaban J connectivity index is 1.43. The van der Waals surface area contributed by atoms with Gasteiger partial charge in [-0.3, -0.25) is 4.90 Å². The SMILES string of the molecule is Clc1ccc(Oc2ccc(C3CN(C4CC4)CCCN3)cn2)cc1. The molecule has 1 unspecified atom stereocenters. The van der Waals surface area contributed by atoms with Gasteiger partial charge in [-0.25, -0.2) is 4.98 Å². The van der Waals surface area contributed by atoms with Crippen LogP contribution in [-0.2, 0) is 0 Å². The summed E-state index contributed by atoms with van der Waals surface area (Å²) in [6, 6.07) is 12.5. The highest BCUT2D eigenvalue weighted by Gasteiger charge is 2.31. The summed E-state index contributed by atoms with van der Waals surface area (Å²) in [6.45, 7) is 3.35. The van der Waals surface area contributed by atoms with Gasteiger partial charge in [0.1, 0.15) is 5.75 Å². The van der Waals surface area contributed by atoms with E-state index < -0.39 is 0 Å². The zero-order valence-electron chi connectivity index (χ0n) is 13.6. The van der Waals surface area contributed by atoms with E-state index >= 15 is 0 Å². The number of aromatic nitrogens is 1. The van der Waals surface area contributed by atoms with Crippen molar-refractivity contribution in [1.29, 1.82) is 0 Å². The molecule has 1 N–H and O–H groups in total. The third-order valence-electron chi connectivity index (χ3n) is 4.69. The van der Waals surface area contributed by atoms with Crippen LogP contribution in [0.15, 0.2) is 42.6 Å². The van der Waals surface area contributed by atoms with Gasteiger partial charge in [-0.15, -0.1) is 0 Å². The molecule has 126 valence electrons. The van der Waals surface area contributed by atoms with Crippen LogP contribution in [0.4, 0.5) is 0 Å². The van der Waals surface area contributed by atoms with E-state index in [1.165, 1.54) is 31.4 Å². The molecule has 1 atom stereocenters. The van der Waals surface area contributed by atoms with Crippen LogP contribution in [0, 0.1) is 0 Å². The fraction of sp³-hybridized carbons (Fsp3) is 0.421. The normalized spacial score (nSPS) is 22.1. The molecule has 2 heterocycles. The van der Waals surface area contributed by atoms with E-state index in [0.29, 0.717) is 16.9 Å². The number of nitrogens with zero attached hydrogens (tertiary/aromatic N) is 2. The minimum atomic E-state index is 0.352. The van der Waals surface area contributed by atoms with Gasteiger partial charge in [-0.1, -0.05) is 17.7 Å². The molecule has 4 nitrogen and oxygen atoms in total. The third-order valence-corrected chi connectivity index (χ3v) is 4.94. The van der Waals surface area contributed by atoms with Crippen LogP contribution >= 0.6 is 11.6 Å². The van der Waals surface area contributed by atoms with E-state index in [1.807, 2.05) is 36.5 Å². The van der Waals surface area contributed by atoms with Gasteiger partial charge >= 0.3 is 0 Å². The number of halogens is 1. The topological polar surface area (TPSA) is 37.4 Å². The van der Waals surface area contributed by atoms with Crippen LogP contribution in [0.5, 0.6) is 11.6 Å². The molecule has 5 heteroatoms. The van der Waals surface area contributed by atoms with E-state index in [1.54, 1.807) is 0 Å². The van der Waals surface area contributed by atoms with Crippen LogP contribution in [0.1, 0.15) is 30.9 Å². The fourth-order valence-corrected chi connectivity index (χ4v) is 3.35. The first-order valence-electron chi connectivity index (χ1n) is 8.65. The standard InChI is InChI=1S/C19H22ClN3O/c20-15-3-7-17(8-4-15)24-19-9-2-14(12-22-19)18-13-23(16-5-6-16)11-1-10-21-18/h2-4,7-9,12,16,18,21H,1,5-6,10-11,13H2. The Kier molecular flexibility index (Phi) is 4.69. The molecule has 1 aliphatic heterocycles. The Labute approximate surface area is 147 Å². The third kappa shape index (κ3) is 3.89. The van der Waals surface area contributed by atoms with Crippen LogP contribution in [0.3, 0.4) is 0 Å². The molecule has 0 amide bonds. The van der Waals surface area contributed by atoms with E-state index in [4.69, 9.17) is 16.3 Å². The highest BCUT2D eigenvalue weighted by Crippen LogP contribution is 2.30. The van der Waals surface area contributed by atoms with Gasteiger partial charge in [0.05, 0.1) is 0 Å². The average Bonchev–Trinajstić information content (AvgIpc) is 3.44. The van der Waals surface area contributed by atoms with Crippen molar-refractivity contribution in [3.8, 4) is 11.6 Å². The van der Waals surface area contributed by atoms with Gasteiger partial charge in [0.2, 0.25) is 5.88 Å². The van der Waals surface area contributed by atoms with Gasteiger partial charge in [0.25, 0.3) is 0 Å². The van der Waals surface area contributed by atoms with Crippen molar-refractivity contribution < 1.29 is 4.74 Å². The summed E-state index contributed by atoms with van der Waals surface area (Å²) >= 11 is 5.89. The predicted molar refractivity (Wildman–Crippen MR) is 95.7 cm³/mol. The van der Waals surface area contributed by atoms with E-state index in [9.17, 15) is 0 Å². The van der Waals surface area contributed by atoms with Crippen molar-refractivity contribution in [1.82, 2.24) is 15.2 Å². The molecule has 1 aliphatic carbocycles.